The van der Waals surface area contributed by atoms with Crippen molar-refractivity contribution in [2.45, 2.75) is 19.8 Å². The first-order chi connectivity index (χ1) is 10.1. The molecule has 0 aliphatic carbocycles. The number of carbonyl (C=O) groups excluding carboxylic acids is 2. The van der Waals surface area contributed by atoms with Crippen LogP contribution in [0.3, 0.4) is 0 Å². The van der Waals surface area contributed by atoms with Crippen molar-refractivity contribution in [2.75, 3.05) is 32.1 Å². The van der Waals surface area contributed by atoms with Gasteiger partial charge < -0.3 is 10.1 Å². The first-order valence-corrected chi connectivity index (χ1v) is 7.25. The molecule has 0 bridgehead atoms. The van der Waals surface area contributed by atoms with Gasteiger partial charge in [0.15, 0.2) is 0 Å². The molecule has 1 aliphatic rings. The molecule has 0 spiro atoms. The lowest BCUT2D eigenvalue weighted by Gasteiger charge is -2.30. The monoisotopic (exact) mass is 290 g/mol. The molecule has 5 nitrogen and oxygen atoms in total. The van der Waals surface area contributed by atoms with E-state index in [1.165, 1.54) is 0 Å². The second-order valence-corrected chi connectivity index (χ2v) is 5.44. The Bertz CT molecular complexity index is 491. The third kappa shape index (κ3) is 4.56. The van der Waals surface area contributed by atoms with Crippen LogP contribution in [-0.4, -0.2) is 43.3 Å². The summed E-state index contributed by atoms with van der Waals surface area (Å²) in [5, 5.41) is 2.87. The first-order valence-electron chi connectivity index (χ1n) is 7.25. The average molecular weight is 290 g/mol. The third-order valence-corrected chi connectivity index (χ3v) is 3.90. The molecule has 0 unspecified atom stereocenters. The summed E-state index contributed by atoms with van der Waals surface area (Å²) in [7, 11) is 1.61. The molecule has 1 N–H and O–H groups in total. The molecular weight excluding hydrogens is 268 g/mol. The second kappa shape index (κ2) is 7.22. The Hall–Kier alpha value is -1.88. The molecule has 1 aliphatic heterocycles. The number of piperidine rings is 1. The van der Waals surface area contributed by atoms with Crippen LogP contribution in [0.2, 0.25) is 0 Å². The molecule has 1 amide bonds. The van der Waals surface area contributed by atoms with Crippen molar-refractivity contribution < 1.29 is 14.3 Å². The molecule has 0 saturated carbocycles. The molecule has 1 saturated heterocycles. The van der Waals surface area contributed by atoms with Gasteiger partial charge in [-0.3, -0.25) is 14.5 Å². The fourth-order valence-electron chi connectivity index (χ4n) is 2.58. The summed E-state index contributed by atoms with van der Waals surface area (Å²) in [5.74, 6) is 1.17. The maximum Gasteiger partial charge on any atom is 0.238 e. The largest absolute Gasteiger partial charge is 0.497 e. The van der Waals surface area contributed by atoms with Gasteiger partial charge in [-0.25, -0.2) is 0 Å². The highest BCUT2D eigenvalue weighted by atomic mass is 16.5. The number of amides is 1. The van der Waals surface area contributed by atoms with Crippen LogP contribution >= 0.6 is 0 Å². The van der Waals surface area contributed by atoms with E-state index in [9.17, 15) is 9.59 Å². The van der Waals surface area contributed by atoms with E-state index in [4.69, 9.17) is 4.74 Å². The molecule has 114 valence electrons. The number of hydrogen-bond donors (Lipinski definition) is 1. The Balaban J connectivity index is 1.78. The predicted molar refractivity (Wildman–Crippen MR) is 81.5 cm³/mol. The van der Waals surface area contributed by atoms with Crippen molar-refractivity contribution in [3.05, 3.63) is 24.3 Å². The van der Waals surface area contributed by atoms with E-state index in [1.54, 1.807) is 14.0 Å². The Morgan fingerprint density at radius 1 is 1.24 bits per heavy atom. The van der Waals surface area contributed by atoms with Gasteiger partial charge in [-0.1, -0.05) is 0 Å². The lowest BCUT2D eigenvalue weighted by atomic mass is 9.93. The van der Waals surface area contributed by atoms with Gasteiger partial charge in [-0.2, -0.15) is 0 Å². The number of hydrogen-bond acceptors (Lipinski definition) is 4. The number of rotatable bonds is 5. The summed E-state index contributed by atoms with van der Waals surface area (Å²) in [6.45, 7) is 3.63. The van der Waals surface area contributed by atoms with E-state index in [1.807, 2.05) is 24.3 Å². The predicted octanol–water partition coefficient (Wildman–Crippen LogP) is 1.93. The summed E-state index contributed by atoms with van der Waals surface area (Å²) < 4.78 is 5.08. The molecule has 2 rings (SSSR count). The van der Waals surface area contributed by atoms with Gasteiger partial charge in [0.2, 0.25) is 5.91 Å². The molecule has 0 radical (unpaired) electrons. The van der Waals surface area contributed by atoms with Crippen molar-refractivity contribution in [3.8, 4) is 5.75 Å². The fraction of sp³-hybridized carbons (Fsp3) is 0.500. The molecule has 1 heterocycles. The van der Waals surface area contributed by atoms with Crippen molar-refractivity contribution >= 4 is 17.4 Å². The smallest absolute Gasteiger partial charge is 0.238 e. The Labute approximate surface area is 125 Å². The van der Waals surface area contributed by atoms with Gasteiger partial charge in [0, 0.05) is 11.6 Å². The van der Waals surface area contributed by atoms with Gasteiger partial charge in [-0.05, 0) is 57.1 Å². The van der Waals surface area contributed by atoms with Crippen LogP contribution in [0, 0.1) is 5.92 Å². The normalized spacial score (nSPS) is 16.5. The molecule has 1 fully saturated rings. The zero-order valence-corrected chi connectivity index (χ0v) is 12.6. The van der Waals surface area contributed by atoms with E-state index >= 15 is 0 Å². The van der Waals surface area contributed by atoms with Crippen LogP contribution in [0.25, 0.3) is 0 Å². The van der Waals surface area contributed by atoms with Crippen LogP contribution in [0.4, 0.5) is 5.69 Å². The maximum absolute atomic E-state index is 12.0. The Morgan fingerprint density at radius 2 is 1.86 bits per heavy atom. The van der Waals surface area contributed by atoms with Crippen LogP contribution in [0.15, 0.2) is 24.3 Å². The highest BCUT2D eigenvalue weighted by molar-refractivity contribution is 5.92. The number of benzene rings is 1. The zero-order valence-electron chi connectivity index (χ0n) is 12.6. The summed E-state index contributed by atoms with van der Waals surface area (Å²) in [6, 6.07) is 7.26. The lowest BCUT2D eigenvalue weighted by molar-refractivity contribution is -0.122. The number of nitrogens with zero attached hydrogens (tertiary/aromatic N) is 1. The fourth-order valence-corrected chi connectivity index (χ4v) is 2.58. The lowest BCUT2D eigenvalue weighted by Crippen LogP contribution is -2.40. The van der Waals surface area contributed by atoms with Crippen molar-refractivity contribution in [1.82, 2.24) is 4.90 Å². The van der Waals surface area contributed by atoms with Crippen LogP contribution in [0.1, 0.15) is 19.8 Å². The first kappa shape index (κ1) is 15.5. The van der Waals surface area contributed by atoms with E-state index in [2.05, 4.69) is 10.2 Å². The standard InChI is InChI=1S/C16H22N2O3/c1-12(19)13-7-9-18(10-8-13)11-16(20)17-14-3-5-15(21-2)6-4-14/h3-6,13H,7-11H2,1-2H3,(H,17,20). The van der Waals surface area contributed by atoms with E-state index < -0.39 is 0 Å². The van der Waals surface area contributed by atoms with Crippen molar-refractivity contribution in [1.29, 1.82) is 0 Å². The minimum atomic E-state index is -0.0264. The number of carbonyl (C=O) groups is 2. The number of likely N-dealkylation sites (tertiary alicyclic amines) is 1. The number of ether oxygens (including phenoxy) is 1. The van der Waals surface area contributed by atoms with Gasteiger partial charge in [-0.15, -0.1) is 0 Å². The van der Waals surface area contributed by atoms with Crippen molar-refractivity contribution in [2.24, 2.45) is 5.92 Å². The van der Waals surface area contributed by atoms with Gasteiger partial charge in [0.1, 0.15) is 11.5 Å². The minimum absolute atomic E-state index is 0.0264. The van der Waals surface area contributed by atoms with Gasteiger partial charge in [0.25, 0.3) is 0 Å². The molecular formula is C16H22N2O3. The molecule has 21 heavy (non-hydrogen) atoms. The topological polar surface area (TPSA) is 58.6 Å². The van der Waals surface area contributed by atoms with Crippen LogP contribution < -0.4 is 10.1 Å². The maximum atomic E-state index is 12.0. The average Bonchev–Trinajstić information content (AvgIpc) is 2.48. The van der Waals surface area contributed by atoms with E-state index in [-0.39, 0.29) is 17.6 Å². The summed E-state index contributed by atoms with van der Waals surface area (Å²) in [5.41, 5.74) is 0.763. The van der Waals surface area contributed by atoms with Gasteiger partial charge >= 0.3 is 0 Å². The number of anilines is 1. The molecule has 1 aromatic rings. The highest BCUT2D eigenvalue weighted by Crippen LogP contribution is 2.18. The quantitative estimate of drug-likeness (QED) is 0.900. The minimum Gasteiger partial charge on any atom is -0.497 e. The number of ketones is 1. The van der Waals surface area contributed by atoms with E-state index in [0.29, 0.717) is 6.54 Å². The molecule has 0 atom stereocenters. The third-order valence-electron chi connectivity index (χ3n) is 3.90. The van der Waals surface area contributed by atoms with Crippen molar-refractivity contribution in [3.63, 3.8) is 0 Å². The molecule has 1 aromatic carbocycles. The Kier molecular flexibility index (Phi) is 5.33. The summed E-state index contributed by atoms with van der Waals surface area (Å²) >= 11 is 0. The second-order valence-electron chi connectivity index (χ2n) is 5.44. The molecule has 5 heteroatoms. The van der Waals surface area contributed by atoms with Crippen LogP contribution in [0.5, 0.6) is 5.75 Å². The number of methoxy groups -OCH3 is 1. The number of nitrogens with one attached hydrogen (secondary N) is 1. The number of Topliss-reactive ketones (excluding diaryl/α,β-unsaturated/α-hetero) is 1. The SMILES string of the molecule is COc1ccc(NC(=O)CN2CCC(C(C)=O)CC2)cc1. The highest BCUT2D eigenvalue weighted by Gasteiger charge is 2.23. The zero-order chi connectivity index (χ0) is 15.2. The van der Waals surface area contributed by atoms with Gasteiger partial charge in [0.05, 0.1) is 13.7 Å². The summed E-state index contributed by atoms with van der Waals surface area (Å²) in [4.78, 5) is 25.4. The van der Waals surface area contributed by atoms with Crippen LogP contribution in [-0.2, 0) is 9.59 Å². The van der Waals surface area contributed by atoms with E-state index in [0.717, 1.165) is 37.4 Å². The Morgan fingerprint density at radius 3 is 2.38 bits per heavy atom. The summed E-state index contributed by atoms with van der Waals surface area (Å²) in [6.07, 6.45) is 1.70. The molecule has 0 aromatic heterocycles.